The van der Waals surface area contributed by atoms with Crippen LogP contribution in [0.5, 0.6) is 0 Å². The van der Waals surface area contributed by atoms with Gasteiger partial charge < -0.3 is 20.7 Å². The minimum absolute atomic E-state index is 0.0122. The van der Waals surface area contributed by atoms with Gasteiger partial charge in [-0.05, 0) is 39.0 Å². The van der Waals surface area contributed by atoms with E-state index in [9.17, 15) is 9.59 Å². The van der Waals surface area contributed by atoms with E-state index in [1.807, 2.05) is 4.90 Å². The number of carbonyl (C=O) groups excluding carboxylic acids is 2. The summed E-state index contributed by atoms with van der Waals surface area (Å²) in [7, 11) is 0. The van der Waals surface area contributed by atoms with Gasteiger partial charge in [-0.25, -0.2) is 4.79 Å². The Morgan fingerprint density at radius 2 is 2.15 bits per heavy atom. The van der Waals surface area contributed by atoms with Crippen molar-refractivity contribution in [3.05, 3.63) is 0 Å². The van der Waals surface area contributed by atoms with Gasteiger partial charge in [0.1, 0.15) is 0 Å². The van der Waals surface area contributed by atoms with Crippen LogP contribution in [0.3, 0.4) is 0 Å². The third kappa shape index (κ3) is 3.85. The Labute approximate surface area is 120 Å². The fraction of sp³-hybridized carbons (Fsp3) is 0.857. The number of piperidine rings is 1. The van der Waals surface area contributed by atoms with Crippen molar-refractivity contribution in [3.63, 3.8) is 0 Å². The smallest absolute Gasteiger partial charge is 0.407 e. The summed E-state index contributed by atoms with van der Waals surface area (Å²) in [5.74, 6) is 0.113. The number of nitrogens with one attached hydrogen (secondary N) is 1. The van der Waals surface area contributed by atoms with Gasteiger partial charge in [-0.1, -0.05) is 0 Å². The number of amides is 2. The molecule has 1 heterocycles. The van der Waals surface area contributed by atoms with E-state index in [0.29, 0.717) is 19.6 Å². The molecule has 1 unspecified atom stereocenters. The van der Waals surface area contributed by atoms with Crippen molar-refractivity contribution in [1.82, 2.24) is 10.2 Å². The molecule has 3 N–H and O–H groups in total. The van der Waals surface area contributed by atoms with E-state index in [1.165, 1.54) is 0 Å². The summed E-state index contributed by atoms with van der Waals surface area (Å²) in [5, 5.41) is 2.81. The van der Waals surface area contributed by atoms with Gasteiger partial charge in [-0.2, -0.15) is 0 Å². The van der Waals surface area contributed by atoms with E-state index in [0.717, 1.165) is 38.6 Å². The molecule has 0 aromatic carbocycles. The maximum atomic E-state index is 12.3. The summed E-state index contributed by atoms with van der Waals surface area (Å²) in [6.45, 7) is 3.45. The molecule has 114 valence electrons. The molecule has 1 atom stereocenters. The van der Waals surface area contributed by atoms with E-state index in [2.05, 4.69) is 5.32 Å². The minimum Gasteiger partial charge on any atom is -0.450 e. The van der Waals surface area contributed by atoms with Crippen LogP contribution in [0.2, 0.25) is 0 Å². The average molecular weight is 283 g/mol. The van der Waals surface area contributed by atoms with E-state index < -0.39 is 6.09 Å². The highest BCUT2D eigenvalue weighted by atomic mass is 16.5. The SMILES string of the molecule is CCOC(=O)NC1CCCN(C(=O)CC2(N)CCC2)C1. The van der Waals surface area contributed by atoms with Gasteiger partial charge in [0.05, 0.1) is 6.61 Å². The first-order chi connectivity index (χ1) is 9.52. The van der Waals surface area contributed by atoms with Crippen molar-refractivity contribution in [1.29, 1.82) is 0 Å². The maximum Gasteiger partial charge on any atom is 0.407 e. The Bertz CT molecular complexity index is 369. The first-order valence-corrected chi connectivity index (χ1v) is 7.52. The molecule has 2 amide bonds. The topological polar surface area (TPSA) is 84.7 Å². The predicted octanol–water partition coefficient (Wildman–Crippen LogP) is 0.995. The molecule has 6 heteroatoms. The number of hydrogen-bond donors (Lipinski definition) is 2. The van der Waals surface area contributed by atoms with Gasteiger partial charge in [-0.3, -0.25) is 4.79 Å². The number of likely N-dealkylation sites (tertiary alicyclic amines) is 1. The number of nitrogens with zero attached hydrogens (tertiary/aromatic N) is 1. The second kappa shape index (κ2) is 6.43. The lowest BCUT2D eigenvalue weighted by Crippen LogP contribution is -2.54. The van der Waals surface area contributed by atoms with Crippen molar-refractivity contribution in [2.75, 3.05) is 19.7 Å². The molecule has 2 rings (SSSR count). The lowest BCUT2D eigenvalue weighted by atomic mass is 9.75. The number of nitrogens with two attached hydrogens (primary N) is 1. The normalized spacial score (nSPS) is 24.7. The standard InChI is InChI=1S/C14H25N3O3/c1-2-20-13(19)16-11-5-3-8-17(10-11)12(18)9-14(15)6-4-7-14/h11H,2-10,15H2,1H3,(H,16,19). The molecule has 20 heavy (non-hydrogen) atoms. The molecule has 1 aliphatic carbocycles. The summed E-state index contributed by atoms with van der Waals surface area (Å²) in [5.41, 5.74) is 5.85. The zero-order valence-electron chi connectivity index (χ0n) is 12.2. The van der Waals surface area contributed by atoms with Crippen molar-refractivity contribution >= 4 is 12.0 Å². The first kappa shape index (κ1) is 15.1. The fourth-order valence-electron chi connectivity index (χ4n) is 2.88. The summed E-state index contributed by atoms with van der Waals surface area (Å²) < 4.78 is 4.87. The Balaban J connectivity index is 1.80. The number of alkyl carbamates (subject to hydrolysis) is 1. The monoisotopic (exact) mass is 283 g/mol. The van der Waals surface area contributed by atoms with Crippen LogP contribution in [0.4, 0.5) is 4.79 Å². The number of carbonyl (C=O) groups is 2. The third-order valence-electron chi connectivity index (χ3n) is 4.22. The van der Waals surface area contributed by atoms with Gasteiger partial charge in [0.2, 0.25) is 5.91 Å². The molecule has 0 bridgehead atoms. The molecule has 0 aromatic rings. The number of ether oxygens (including phenoxy) is 1. The number of rotatable bonds is 4. The second-order valence-electron chi connectivity index (χ2n) is 5.94. The Hall–Kier alpha value is -1.30. The van der Waals surface area contributed by atoms with E-state index >= 15 is 0 Å². The van der Waals surface area contributed by atoms with Crippen LogP contribution in [-0.2, 0) is 9.53 Å². The lowest BCUT2D eigenvalue weighted by molar-refractivity contribution is -0.134. The fourth-order valence-corrected chi connectivity index (χ4v) is 2.88. The highest BCUT2D eigenvalue weighted by Crippen LogP contribution is 2.32. The summed E-state index contributed by atoms with van der Waals surface area (Å²) in [4.78, 5) is 25.5. The molecule has 6 nitrogen and oxygen atoms in total. The van der Waals surface area contributed by atoms with Crippen LogP contribution in [0.1, 0.15) is 45.4 Å². The van der Waals surface area contributed by atoms with Crippen LogP contribution in [-0.4, -0.2) is 48.2 Å². The van der Waals surface area contributed by atoms with Crippen molar-refractivity contribution in [2.24, 2.45) is 5.73 Å². The van der Waals surface area contributed by atoms with Crippen LogP contribution in [0, 0.1) is 0 Å². The van der Waals surface area contributed by atoms with E-state index in [-0.39, 0.29) is 17.5 Å². The van der Waals surface area contributed by atoms with E-state index in [1.54, 1.807) is 6.92 Å². The first-order valence-electron chi connectivity index (χ1n) is 7.52. The number of hydrogen-bond acceptors (Lipinski definition) is 4. The second-order valence-corrected chi connectivity index (χ2v) is 5.94. The Morgan fingerprint density at radius 1 is 1.40 bits per heavy atom. The molecule has 1 saturated heterocycles. The van der Waals surface area contributed by atoms with Crippen LogP contribution < -0.4 is 11.1 Å². The molecule has 0 aromatic heterocycles. The van der Waals surface area contributed by atoms with Gasteiger partial charge in [0.15, 0.2) is 0 Å². The largest absolute Gasteiger partial charge is 0.450 e. The van der Waals surface area contributed by atoms with Gasteiger partial charge in [0, 0.05) is 31.1 Å². The molecular formula is C14H25N3O3. The van der Waals surface area contributed by atoms with Crippen LogP contribution >= 0.6 is 0 Å². The molecule has 1 aliphatic heterocycles. The van der Waals surface area contributed by atoms with Gasteiger partial charge in [0.25, 0.3) is 0 Å². The average Bonchev–Trinajstić information content (AvgIpc) is 2.37. The van der Waals surface area contributed by atoms with E-state index in [4.69, 9.17) is 10.5 Å². The zero-order valence-corrected chi connectivity index (χ0v) is 12.2. The van der Waals surface area contributed by atoms with Crippen molar-refractivity contribution in [2.45, 2.75) is 57.0 Å². The lowest BCUT2D eigenvalue weighted by Gasteiger charge is -2.40. The molecule has 0 spiro atoms. The zero-order chi connectivity index (χ0) is 14.6. The third-order valence-corrected chi connectivity index (χ3v) is 4.22. The van der Waals surface area contributed by atoms with Gasteiger partial charge in [-0.15, -0.1) is 0 Å². The van der Waals surface area contributed by atoms with Gasteiger partial charge >= 0.3 is 6.09 Å². The van der Waals surface area contributed by atoms with Crippen LogP contribution in [0.15, 0.2) is 0 Å². The highest BCUT2D eigenvalue weighted by Gasteiger charge is 2.37. The Morgan fingerprint density at radius 3 is 2.75 bits per heavy atom. The molecule has 2 aliphatic rings. The minimum atomic E-state index is -0.402. The molecule has 0 radical (unpaired) electrons. The van der Waals surface area contributed by atoms with Crippen molar-refractivity contribution < 1.29 is 14.3 Å². The molecule has 1 saturated carbocycles. The summed E-state index contributed by atoms with van der Waals surface area (Å²) in [6, 6.07) is -0.0122. The molecule has 2 fully saturated rings. The molecular weight excluding hydrogens is 258 g/mol. The van der Waals surface area contributed by atoms with Crippen molar-refractivity contribution in [3.8, 4) is 0 Å². The predicted molar refractivity (Wildman–Crippen MR) is 75.1 cm³/mol. The summed E-state index contributed by atoms with van der Waals surface area (Å²) in [6.07, 6.45) is 4.82. The quantitative estimate of drug-likeness (QED) is 0.806. The maximum absolute atomic E-state index is 12.3. The van der Waals surface area contributed by atoms with Crippen LogP contribution in [0.25, 0.3) is 0 Å². The highest BCUT2D eigenvalue weighted by molar-refractivity contribution is 5.78. The Kier molecular flexibility index (Phi) is 4.86. The summed E-state index contributed by atoms with van der Waals surface area (Å²) >= 11 is 0.